The zero-order chi connectivity index (χ0) is 27.9. The highest BCUT2D eigenvalue weighted by Crippen LogP contribution is 2.38. The molecule has 0 saturated carbocycles. The van der Waals surface area contributed by atoms with Crippen LogP contribution in [0.25, 0.3) is 10.9 Å². The van der Waals surface area contributed by atoms with E-state index in [4.69, 9.17) is 14.2 Å². The minimum atomic E-state index is -0.233. The molecule has 3 aromatic carbocycles. The number of nitrogens with one attached hydrogen (secondary N) is 1. The molecular weight excluding hydrogens is 502 g/mol. The number of ether oxygens (including phenoxy) is 3. The van der Waals surface area contributed by atoms with E-state index in [1.807, 2.05) is 54.6 Å². The van der Waals surface area contributed by atoms with Crippen LogP contribution < -0.4 is 19.5 Å². The average molecular weight is 536 g/mol. The van der Waals surface area contributed by atoms with Gasteiger partial charge < -0.3 is 24.1 Å². The van der Waals surface area contributed by atoms with Crippen LogP contribution >= 0.6 is 0 Å². The van der Waals surface area contributed by atoms with Gasteiger partial charge in [0.1, 0.15) is 17.2 Å². The Morgan fingerprint density at radius 3 is 2.17 bits per heavy atom. The van der Waals surface area contributed by atoms with Crippen molar-refractivity contribution < 1.29 is 19.0 Å². The normalized spacial score (nSPS) is 11.7. The number of hydrogen-bond acceptors (Lipinski definition) is 5. The van der Waals surface area contributed by atoms with Gasteiger partial charge in [-0.2, -0.15) is 0 Å². The molecule has 204 valence electrons. The predicted octanol–water partition coefficient (Wildman–Crippen LogP) is 5.95. The molecule has 2 aromatic heterocycles. The monoisotopic (exact) mass is 535 g/mol. The van der Waals surface area contributed by atoms with Gasteiger partial charge in [-0.25, -0.2) is 0 Å². The van der Waals surface area contributed by atoms with Crippen molar-refractivity contribution in [2.45, 2.75) is 25.4 Å². The van der Waals surface area contributed by atoms with Crippen LogP contribution in [-0.4, -0.2) is 36.8 Å². The first-order valence-corrected chi connectivity index (χ1v) is 13.2. The second kappa shape index (κ2) is 12.4. The minimum Gasteiger partial charge on any atom is -0.497 e. The van der Waals surface area contributed by atoms with Crippen molar-refractivity contribution in [1.29, 1.82) is 0 Å². The van der Waals surface area contributed by atoms with E-state index in [-0.39, 0.29) is 18.2 Å². The molecule has 5 rings (SSSR count). The molecule has 0 aliphatic carbocycles. The zero-order valence-electron chi connectivity index (χ0n) is 23.0. The summed E-state index contributed by atoms with van der Waals surface area (Å²) in [4.78, 5) is 17.4. The Bertz CT molecular complexity index is 1560. The lowest BCUT2D eigenvalue weighted by atomic mass is 9.87. The van der Waals surface area contributed by atoms with Gasteiger partial charge in [0.05, 0.1) is 21.3 Å². The molecule has 0 radical (unpaired) electrons. The number of benzene rings is 3. The lowest BCUT2D eigenvalue weighted by Crippen LogP contribution is -2.25. The highest BCUT2D eigenvalue weighted by molar-refractivity contribution is 5.87. The maximum Gasteiger partial charge on any atom is 0.221 e. The van der Waals surface area contributed by atoms with Crippen LogP contribution in [0.3, 0.4) is 0 Å². The first kappa shape index (κ1) is 26.8. The van der Waals surface area contributed by atoms with Gasteiger partial charge in [-0.3, -0.25) is 9.78 Å². The summed E-state index contributed by atoms with van der Waals surface area (Å²) in [5.74, 6) is 1.91. The van der Waals surface area contributed by atoms with Gasteiger partial charge in [0.25, 0.3) is 0 Å². The number of amides is 1. The maximum atomic E-state index is 13.4. The Morgan fingerprint density at radius 1 is 0.825 bits per heavy atom. The molecule has 1 atom stereocenters. The Hall–Kier alpha value is -4.78. The molecule has 0 aliphatic heterocycles. The van der Waals surface area contributed by atoms with Crippen LogP contribution in [0, 0.1) is 0 Å². The third-order valence-corrected chi connectivity index (χ3v) is 7.11. The lowest BCUT2D eigenvalue weighted by Gasteiger charge is -2.19. The van der Waals surface area contributed by atoms with Crippen molar-refractivity contribution in [3.8, 4) is 17.2 Å². The standard InChI is InChI=1S/C33H33N3O4/c1-38-26-10-8-24(9-11-26)21-36-22-31(29-6-4-5-7-32(29)36)30(25-16-27(39-2)18-28(17-25)40-3)19-33(37)35-20-23-12-14-34-15-13-23/h4-18,22,30H,19-21H2,1-3H3,(H,35,37)/t30-/m0/s1. The summed E-state index contributed by atoms with van der Waals surface area (Å²) in [7, 11) is 4.94. The smallest absolute Gasteiger partial charge is 0.221 e. The zero-order valence-corrected chi connectivity index (χ0v) is 23.0. The van der Waals surface area contributed by atoms with E-state index in [1.54, 1.807) is 33.7 Å². The summed E-state index contributed by atoms with van der Waals surface area (Å²) in [6.07, 6.45) is 5.88. The van der Waals surface area contributed by atoms with E-state index in [2.05, 4.69) is 45.3 Å². The van der Waals surface area contributed by atoms with Gasteiger partial charge in [-0.1, -0.05) is 30.3 Å². The molecule has 7 heteroatoms. The number of carbonyl (C=O) groups is 1. The van der Waals surface area contributed by atoms with Crippen LogP contribution in [0.1, 0.15) is 34.6 Å². The Labute approximate surface area is 234 Å². The van der Waals surface area contributed by atoms with Gasteiger partial charge in [-0.15, -0.1) is 0 Å². The summed E-state index contributed by atoms with van der Waals surface area (Å²) in [6.45, 7) is 1.13. The fourth-order valence-corrected chi connectivity index (χ4v) is 5.01. The van der Waals surface area contributed by atoms with Crippen LogP contribution in [0.2, 0.25) is 0 Å². The first-order valence-electron chi connectivity index (χ1n) is 13.2. The van der Waals surface area contributed by atoms with E-state index in [0.29, 0.717) is 24.6 Å². The first-order chi connectivity index (χ1) is 19.6. The Kier molecular flexibility index (Phi) is 8.30. The van der Waals surface area contributed by atoms with Crippen LogP contribution in [-0.2, 0) is 17.9 Å². The van der Waals surface area contributed by atoms with E-state index in [1.165, 1.54) is 0 Å². The molecule has 0 bridgehead atoms. The van der Waals surface area contributed by atoms with Crippen molar-refractivity contribution in [2.24, 2.45) is 0 Å². The molecule has 0 aliphatic rings. The van der Waals surface area contributed by atoms with Crippen molar-refractivity contribution in [2.75, 3.05) is 21.3 Å². The molecule has 2 heterocycles. The number of fused-ring (bicyclic) bond motifs is 1. The fraction of sp³-hybridized carbons (Fsp3) is 0.212. The number of carbonyl (C=O) groups excluding carboxylic acids is 1. The molecule has 0 spiro atoms. The largest absolute Gasteiger partial charge is 0.497 e. The van der Waals surface area contributed by atoms with Crippen molar-refractivity contribution in [3.63, 3.8) is 0 Å². The predicted molar refractivity (Wildman–Crippen MR) is 156 cm³/mol. The molecule has 5 aromatic rings. The molecule has 0 unspecified atom stereocenters. The summed E-state index contributed by atoms with van der Waals surface area (Å²) in [5.41, 5.74) is 5.27. The van der Waals surface area contributed by atoms with Gasteiger partial charge in [-0.05, 0) is 64.7 Å². The lowest BCUT2D eigenvalue weighted by molar-refractivity contribution is -0.121. The molecular formula is C33H33N3O4. The third-order valence-electron chi connectivity index (χ3n) is 7.11. The second-order valence-electron chi connectivity index (χ2n) is 9.61. The van der Waals surface area contributed by atoms with E-state index >= 15 is 0 Å². The number of hydrogen-bond donors (Lipinski definition) is 1. The minimum absolute atomic E-state index is 0.0458. The van der Waals surface area contributed by atoms with Crippen molar-refractivity contribution in [3.05, 3.63) is 120 Å². The molecule has 1 N–H and O–H groups in total. The van der Waals surface area contributed by atoms with Crippen molar-refractivity contribution >= 4 is 16.8 Å². The summed E-state index contributed by atoms with van der Waals surface area (Å²) in [6, 6.07) is 26.0. The number of pyridine rings is 1. The number of methoxy groups -OCH3 is 3. The van der Waals surface area contributed by atoms with Crippen molar-refractivity contribution in [1.82, 2.24) is 14.9 Å². The van der Waals surface area contributed by atoms with E-state index in [0.717, 1.165) is 38.9 Å². The van der Waals surface area contributed by atoms with E-state index in [9.17, 15) is 4.79 Å². The van der Waals surface area contributed by atoms with E-state index < -0.39 is 0 Å². The van der Waals surface area contributed by atoms with Gasteiger partial charge in [0.2, 0.25) is 5.91 Å². The third kappa shape index (κ3) is 6.10. The Balaban J connectivity index is 1.54. The summed E-state index contributed by atoms with van der Waals surface area (Å²) < 4.78 is 18.7. The number of rotatable bonds is 11. The fourth-order valence-electron chi connectivity index (χ4n) is 5.01. The van der Waals surface area contributed by atoms with Gasteiger partial charge in [0, 0.05) is 61.0 Å². The van der Waals surface area contributed by atoms with Gasteiger partial charge in [0.15, 0.2) is 0 Å². The summed E-state index contributed by atoms with van der Waals surface area (Å²) >= 11 is 0. The highest BCUT2D eigenvalue weighted by atomic mass is 16.5. The van der Waals surface area contributed by atoms with Gasteiger partial charge >= 0.3 is 0 Å². The molecule has 0 saturated heterocycles. The molecule has 1 amide bonds. The molecule has 0 fully saturated rings. The van der Waals surface area contributed by atoms with Crippen LogP contribution in [0.15, 0.2) is 97.5 Å². The van der Waals surface area contributed by atoms with Crippen LogP contribution in [0.5, 0.6) is 17.2 Å². The molecule has 7 nitrogen and oxygen atoms in total. The molecule has 40 heavy (non-hydrogen) atoms. The quantitative estimate of drug-likeness (QED) is 0.226. The average Bonchev–Trinajstić information content (AvgIpc) is 3.37. The number of aromatic nitrogens is 2. The van der Waals surface area contributed by atoms with Crippen LogP contribution in [0.4, 0.5) is 0 Å². The SMILES string of the molecule is COc1ccc(Cn2cc([C@@H](CC(=O)NCc3ccncc3)c3cc(OC)cc(OC)c3)c3ccccc32)cc1. The Morgan fingerprint density at radius 2 is 1.50 bits per heavy atom. The topological polar surface area (TPSA) is 74.6 Å². The second-order valence-corrected chi connectivity index (χ2v) is 9.61. The number of nitrogens with zero attached hydrogens (tertiary/aromatic N) is 2. The number of para-hydroxylation sites is 1. The highest BCUT2D eigenvalue weighted by Gasteiger charge is 2.24. The maximum absolute atomic E-state index is 13.4. The summed E-state index contributed by atoms with van der Waals surface area (Å²) in [5, 5.41) is 4.19.